The Kier molecular flexibility index (Phi) is 7.01. The first-order valence-corrected chi connectivity index (χ1v) is 12.7. The number of halogens is 4. The molecule has 2 fully saturated rings. The summed E-state index contributed by atoms with van der Waals surface area (Å²) in [7, 11) is -5.70. The third-order valence-corrected chi connectivity index (χ3v) is 7.57. The number of imide groups is 1. The van der Waals surface area contributed by atoms with Crippen molar-refractivity contribution in [3.05, 3.63) is 58.6 Å². The van der Waals surface area contributed by atoms with Gasteiger partial charge >= 0.3 is 15.6 Å². The number of hydrogen-bond acceptors (Lipinski definition) is 6. The Morgan fingerprint density at radius 2 is 1.60 bits per heavy atom. The zero-order valence-corrected chi connectivity index (χ0v) is 19.9. The van der Waals surface area contributed by atoms with Crippen molar-refractivity contribution in [1.82, 2.24) is 5.32 Å². The van der Waals surface area contributed by atoms with Crippen molar-refractivity contribution < 1.29 is 35.4 Å². The van der Waals surface area contributed by atoms with Gasteiger partial charge in [0.05, 0.1) is 16.6 Å². The number of amides is 2. The summed E-state index contributed by atoms with van der Waals surface area (Å²) in [5.41, 5.74) is -3.02. The molecule has 2 aromatic rings. The lowest BCUT2D eigenvalue weighted by Crippen LogP contribution is -2.39. The van der Waals surface area contributed by atoms with Crippen molar-refractivity contribution in [2.75, 3.05) is 18.0 Å². The number of nitrogens with one attached hydrogen (secondary N) is 1. The van der Waals surface area contributed by atoms with E-state index >= 15 is 0 Å². The molecule has 1 atom stereocenters. The third-order valence-electron chi connectivity index (χ3n) is 6.29. The van der Waals surface area contributed by atoms with E-state index in [1.807, 2.05) is 12.1 Å². The average Bonchev–Trinajstić information content (AvgIpc) is 2.79. The molecule has 1 N–H and O–H groups in total. The molecule has 2 aromatic carbocycles. The van der Waals surface area contributed by atoms with Crippen molar-refractivity contribution in [1.29, 1.82) is 0 Å². The minimum atomic E-state index is -5.70. The van der Waals surface area contributed by atoms with E-state index in [1.54, 1.807) is 18.2 Å². The van der Waals surface area contributed by atoms with Gasteiger partial charge in [0, 0.05) is 19.5 Å². The number of hydrogen-bond donors (Lipinski definition) is 1. The van der Waals surface area contributed by atoms with Crippen LogP contribution in [0.1, 0.15) is 48.6 Å². The first kappa shape index (κ1) is 25.3. The predicted octanol–water partition coefficient (Wildman–Crippen LogP) is 4.47. The summed E-state index contributed by atoms with van der Waals surface area (Å²) in [6.07, 6.45) is 2.24. The zero-order valence-electron chi connectivity index (χ0n) is 18.3. The highest BCUT2D eigenvalue weighted by atomic mass is 35.5. The van der Waals surface area contributed by atoms with Gasteiger partial charge < -0.3 is 9.08 Å². The minimum Gasteiger partial charge on any atom is -0.376 e. The average molecular weight is 531 g/mol. The van der Waals surface area contributed by atoms with Crippen molar-refractivity contribution >= 4 is 39.2 Å². The van der Waals surface area contributed by atoms with Crippen LogP contribution in [0.25, 0.3) is 0 Å². The second-order valence-corrected chi connectivity index (χ2v) is 10.5. The molecule has 0 bridgehead atoms. The van der Waals surface area contributed by atoms with Crippen molar-refractivity contribution in [2.45, 2.75) is 43.0 Å². The van der Waals surface area contributed by atoms with E-state index in [0.29, 0.717) is 24.5 Å². The number of piperidine rings is 2. The van der Waals surface area contributed by atoms with E-state index in [9.17, 15) is 31.2 Å². The third kappa shape index (κ3) is 5.56. The molecule has 7 nitrogen and oxygen atoms in total. The summed E-state index contributed by atoms with van der Waals surface area (Å²) in [4.78, 5) is 25.6. The molecule has 2 saturated heterocycles. The van der Waals surface area contributed by atoms with E-state index in [0.717, 1.165) is 29.7 Å². The van der Waals surface area contributed by atoms with Crippen LogP contribution in [0.3, 0.4) is 0 Å². The number of anilines is 1. The fourth-order valence-electron chi connectivity index (χ4n) is 4.43. The van der Waals surface area contributed by atoms with Gasteiger partial charge in [0.1, 0.15) is 5.75 Å². The van der Waals surface area contributed by atoms with Gasteiger partial charge in [-0.15, -0.1) is 0 Å². The molecule has 2 amide bonds. The van der Waals surface area contributed by atoms with Gasteiger partial charge in [0.15, 0.2) is 0 Å². The summed E-state index contributed by atoms with van der Waals surface area (Å²) >= 11 is 6.53. The normalized spacial score (nSPS) is 20.0. The SMILES string of the molecule is O=C1CCC(c2ccc(N3CCC(c4ccc(OS(=O)(=O)C(F)(F)F)cc4)CC3)c(Cl)c2)C(=O)N1. The van der Waals surface area contributed by atoms with Crippen LogP contribution in [0.2, 0.25) is 5.02 Å². The Hall–Kier alpha value is -2.79. The topological polar surface area (TPSA) is 92.8 Å². The molecule has 2 heterocycles. The zero-order chi connectivity index (χ0) is 25.4. The van der Waals surface area contributed by atoms with E-state index in [-0.39, 0.29) is 24.2 Å². The lowest BCUT2D eigenvalue weighted by atomic mass is 9.88. The maximum Gasteiger partial charge on any atom is 0.534 e. The van der Waals surface area contributed by atoms with Gasteiger partial charge in [0.25, 0.3) is 0 Å². The summed E-state index contributed by atoms with van der Waals surface area (Å²) in [5, 5.41) is 2.86. The molecule has 12 heteroatoms. The van der Waals surface area contributed by atoms with Gasteiger partial charge in [-0.1, -0.05) is 29.8 Å². The Balaban J connectivity index is 1.37. The quantitative estimate of drug-likeness (QED) is 0.348. The Labute approximate surface area is 205 Å². The number of alkyl halides is 3. The fourth-order valence-corrected chi connectivity index (χ4v) is 5.20. The Morgan fingerprint density at radius 1 is 0.971 bits per heavy atom. The van der Waals surface area contributed by atoms with Crippen molar-refractivity contribution in [3.8, 4) is 5.75 Å². The van der Waals surface area contributed by atoms with Gasteiger partial charge in [0.2, 0.25) is 11.8 Å². The number of rotatable bonds is 5. The molecule has 0 aromatic heterocycles. The van der Waals surface area contributed by atoms with E-state index < -0.39 is 27.3 Å². The summed E-state index contributed by atoms with van der Waals surface area (Å²) < 4.78 is 63.9. The van der Waals surface area contributed by atoms with E-state index in [4.69, 9.17) is 11.6 Å². The smallest absolute Gasteiger partial charge is 0.376 e. The van der Waals surface area contributed by atoms with Crippen LogP contribution in [0.15, 0.2) is 42.5 Å². The largest absolute Gasteiger partial charge is 0.534 e. The standard InChI is InChI=1S/C23H22ClF3N2O5S/c24-19-13-16(18-6-8-21(30)28-22(18)31)3-7-20(19)29-11-9-15(10-12-29)14-1-4-17(5-2-14)34-35(32,33)23(25,26)27/h1-5,7,13,15,18H,6,8-12H2,(H,28,30,31). The van der Waals surface area contributed by atoms with Gasteiger partial charge in [-0.05, 0) is 60.6 Å². The van der Waals surface area contributed by atoms with Crippen LogP contribution in [0, 0.1) is 0 Å². The monoisotopic (exact) mass is 530 g/mol. The van der Waals surface area contributed by atoms with Crippen LogP contribution in [-0.2, 0) is 19.7 Å². The van der Waals surface area contributed by atoms with E-state index in [1.165, 1.54) is 12.1 Å². The van der Waals surface area contributed by atoms with E-state index in [2.05, 4.69) is 14.4 Å². The summed E-state index contributed by atoms with van der Waals surface area (Å²) in [5.74, 6) is -1.26. The summed E-state index contributed by atoms with van der Waals surface area (Å²) in [6, 6.07) is 11.1. The Bertz CT molecular complexity index is 1230. The lowest BCUT2D eigenvalue weighted by Gasteiger charge is -2.34. The number of benzene rings is 2. The molecule has 2 aliphatic rings. The fraction of sp³-hybridized carbons (Fsp3) is 0.391. The van der Waals surface area contributed by atoms with Crippen LogP contribution >= 0.6 is 11.6 Å². The second kappa shape index (κ2) is 9.69. The maximum absolute atomic E-state index is 12.5. The molecule has 35 heavy (non-hydrogen) atoms. The first-order valence-electron chi connectivity index (χ1n) is 10.9. The Morgan fingerprint density at radius 3 is 2.17 bits per heavy atom. The number of carbonyl (C=O) groups excluding carboxylic acids is 2. The molecule has 188 valence electrons. The van der Waals surface area contributed by atoms with Crippen LogP contribution in [0.4, 0.5) is 18.9 Å². The molecule has 0 saturated carbocycles. The second-order valence-electron chi connectivity index (χ2n) is 8.53. The minimum absolute atomic E-state index is 0.140. The molecular weight excluding hydrogens is 509 g/mol. The molecule has 4 rings (SSSR count). The van der Waals surface area contributed by atoms with Crippen molar-refractivity contribution in [2.24, 2.45) is 0 Å². The highest BCUT2D eigenvalue weighted by molar-refractivity contribution is 7.88. The van der Waals surface area contributed by atoms with Gasteiger partial charge in [-0.2, -0.15) is 21.6 Å². The molecule has 0 radical (unpaired) electrons. The highest BCUT2D eigenvalue weighted by Crippen LogP contribution is 2.37. The highest BCUT2D eigenvalue weighted by Gasteiger charge is 2.48. The van der Waals surface area contributed by atoms with Crippen LogP contribution in [0.5, 0.6) is 5.75 Å². The summed E-state index contributed by atoms with van der Waals surface area (Å²) in [6.45, 7) is 1.37. The lowest BCUT2D eigenvalue weighted by molar-refractivity contribution is -0.134. The van der Waals surface area contributed by atoms with Crippen LogP contribution in [-0.4, -0.2) is 38.8 Å². The van der Waals surface area contributed by atoms with Gasteiger partial charge in [-0.3, -0.25) is 14.9 Å². The molecule has 0 spiro atoms. The molecular formula is C23H22ClF3N2O5S. The molecule has 0 aliphatic carbocycles. The number of nitrogens with zero attached hydrogens (tertiary/aromatic N) is 1. The van der Waals surface area contributed by atoms with Gasteiger partial charge in [-0.25, -0.2) is 0 Å². The predicted molar refractivity (Wildman–Crippen MR) is 123 cm³/mol. The van der Waals surface area contributed by atoms with Crippen LogP contribution < -0.4 is 14.4 Å². The molecule has 2 aliphatic heterocycles. The first-order chi connectivity index (χ1) is 16.4. The molecule has 1 unspecified atom stereocenters. The number of carbonyl (C=O) groups is 2. The maximum atomic E-state index is 12.5. The van der Waals surface area contributed by atoms with Crippen molar-refractivity contribution in [3.63, 3.8) is 0 Å².